The smallest absolute Gasteiger partial charge is 0.144 e. The SMILES string of the molecule is c1cnc(NC2C3C4CCC(C4)C23)cn1. The fraction of sp³-hybridized carbons (Fsp3) is 0.667. The zero-order valence-electron chi connectivity index (χ0n) is 8.63. The Balaban J connectivity index is 1.50. The van der Waals surface area contributed by atoms with Crippen LogP contribution in [0.1, 0.15) is 19.3 Å². The van der Waals surface area contributed by atoms with Crippen molar-refractivity contribution in [2.75, 3.05) is 5.32 Å². The molecule has 1 aromatic heterocycles. The van der Waals surface area contributed by atoms with Gasteiger partial charge >= 0.3 is 0 Å². The first-order chi connectivity index (χ1) is 7.43. The number of nitrogens with zero attached hydrogens (tertiary/aromatic N) is 2. The van der Waals surface area contributed by atoms with Crippen LogP contribution in [0.15, 0.2) is 18.6 Å². The van der Waals surface area contributed by atoms with Gasteiger partial charge in [0.05, 0.1) is 6.20 Å². The highest BCUT2D eigenvalue weighted by Gasteiger charge is 2.65. The molecule has 4 atom stereocenters. The second kappa shape index (κ2) is 2.71. The first-order valence-electron chi connectivity index (χ1n) is 5.96. The van der Waals surface area contributed by atoms with Gasteiger partial charge in [0.1, 0.15) is 5.82 Å². The van der Waals surface area contributed by atoms with Crippen molar-refractivity contribution >= 4 is 5.82 Å². The summed E-state index contributed by atoms with van der Waals surface area (Å²) >= 11 is 0. The van der Waals surface area contributed by atoms with Crippen molar-refractivity contribution in [1.82, 2.24) is 9.97 Å². The van der Waals surface area contributed by atoms with Crippen molar-refractivity contribution in [3.8, 4) is 0 Å². The Hall–Kier alpha value is -1.12. The number of hydrogen-bond acceptors (Lipinski definition) is 3. The summed E-state index contributed by atoms with van der Waals surface area (Å²) in [4.78, 5) is 8.37. The van der Waals surface area contributed by atoms with E-state index < -0.39 is 0 Å². The van der Waals surface area contributed by atoms with Gasteiger partial charge in [-0.3, -0.25) is 4.98 Å². The van der Waals surface area contributed by atoms with E-state index in [1.54, 1.807) is 12.4 Å². The molecule has 0 aliphatic heterocycles. The fourth-order valence-electron chi connectivity index (χ4n) is 4.06. The molecule has 4 unspecified atom stereocenters. The number of fused-ring (bicyclic) bond motifs is 5. The van der Waals surface area contributed by atoms with Crippen LogP contribution in [0.5, 0.6) is 0 Å². The Kier molecular flexibility index (Phi) is 1.46. The molecule has 0 amide bonds. The number of rotatable bonds is 2. The van der Waals surface area contributed by atoms with Gasteiger partial charge in [0.15, 0.2) is 0 Å². The van der Waals surface area contributed by atoms with E-state index in [0.717, 1.165) is 29.5 Å². The first-order valence-corrected chi connectivity index (χ1v) is 5.96. The molecule has 4 rings (SSSR count). The lowest BCUT2D eigenvalue weighted by atomic mass is 10.0. The molecule has 1 N–H and O–H groups in total. The minimum Gasteiger partial charge on any atom is -0.365 e. The third kappa shape index (κ3) is 1.06. The van der Waals surface area contributed by atoms with Crippen LogP contribution in [-0.4, -0.2) is 16.0 Å². The molecule has 78 valence electrons. The summed E-state index contributed by atoms with van der Waals surface area (Å²) in [6, 6.07) is 0.716. The molecule has 3 nitrogen and oxygen atoms in total. The van der Waals surface area contributed by atoms with E-state index in [0.29, 0.717) is 6.04 Å². The van der Waals surface area contributed by atoms with Crippen molar-refractivity contribution in [1.29, 1.82) is 0 Å². The van der Waals surface area contributed by atoms with E-state index in [-0.39, 0.29) is 0 Å². The summed E-state index contributed by atoms with van der Waals surface area (Å²) in [6.07, 6.45) is 9.77. The van der Waals surface area contributed by atoms with Crippen LogP contribution in [0.4, 0.5) is 5.82 Å². The fourth-order valence-corrected chi connectivity index (χ4v) is 4.06. The average molecular weight is 201 g/mol. The molecule has 0 aromatic carbocycles. The molecule has 0 saturated heterocycles. The highest BCUT2D eigenvalue weighted by Crippen LogP contribution is 2.66. The summed E-state index contributed by atoms with van der Waals surface area (Å²) in [5.74, 6) is 4.93. The second-order valence-electron chi connectivity index (χ2n) is 5.25. The first kappa shape index (κ1) is 8.08. The molecule has 3 heteroatoms. The van der Waals surface area contributed by atoms with E-state index >= 15 is 0 Å². The standard InChI is InChI=1S/C12H15N3/c1-2-8-5-7(1)10-11(8)12(10)15-9-6-13-3-4-14-9/h3-4,6-8,10-12H,1-2,5H2,(H,14,15). The predicted octanol–water partition coefficient (Wildman–Crippen LogP) is 1.93. The van der Waals surface area contributed by atoms with Gasteiger partial charge in [-0.2, -0.15) is 0 Å². The topological polar surface area (TPSA) is 37.8 Å². The highest BCUT2D eigenvalue weighted by molar-refractivity contribution is 5.37. The molecule has 0 radical (unpaired) electrons. The summed E-state index contributed by atoms with van der Waals surface area (Å²) in [6.45, 7) is 0. The summed E-state index contributed by atoms with van der Waals surface area (Å²) in [5, 5.41) is 3.55. The lowest BCUT2D eigenvalue weighted by Gasteiger charge is -2.10. The van der Waals surface area contributed by atoms with Crippen LogP contribution in [0, 0.1) is 23.7 Å². The molecule has 1 heterocycles. The van der Waals surface area contributed by atoms with E-state index in [4.69, 9.17) is 0 Å². The predicted molar refractivity (Wildman–Crippen MR) is 57.3 cm³/mol. The molecule has 3 saturated carbocycles. The van der Waals surface area contributed by atoms with Crippen LogP contribution < -0.4 is 5.32 Å². The molecule has 3 fully saturated rings. The quantitative estimate of drug-likeness (QED) is 0.794. The Morgan fingerprint density at radius 2 is 1.93 bits per heavy atom. The maximum absolute atomic E-state index is 4.28. The number of nitrogens with one attached hydrogen (secondary N) is 1. The Labute approximate surface area is 89.3 Å². The van der Waals surface area contributed by atoms with Gasteiger partial charge in [-0.1, -0.05) is 0 Å². The summed E-state index contributed by atoms with van der Waals surface area (Å²) < 4.78 is 0. The Bertz CT molecular complexity index is 362. The van der Waals surface area contributed by atoms with Crippen LogP contribution in [-0.2, 0) is 0 Å². The van der Waals surface area contributed by atoms with Crippen LogP contribution in [0.3, 0.4) is 0 Å². The van der Waals surface area contributed by atoms with Crippen molar-refractivity contribution in [2.24, 2.45) is 23.7 Å². The minimum atomic E-state index is 0.716. The lowest BCUT2D eigenvalue weighted by molar-refractivity contribution is 0.456. The third-order valence-electron chi connectivity index (χ3n) is 4.61. The van der Waals surface area contributed by atoms with Gasteiger partial charge in [0.2, 0.25) is 0 Å². The van der Waals surface area contributed by atoms with Crippen LogP contribution in [0.25, 0.3) is 0 Å². The monoisotopic (exact) mass is 201 g/mol. The molecular weight excluding hydrogens is 186 g/mol. The number of anilines is 1. The Morgan fingerprint density at radius 1 is 1.13 bits per heavy atom. The van der Waals surface area contributed by atoms with Crippen molar-refractivity contribution in [3.05, 3.63) is 18.6 Å². The van der Waals surface area contributed by atoms with E-state index in [2.05, 4.69) is 15.3 Å². The maximum Gasteiger partial charge on any atom is 0.144 e. The van der Waals surface area contributed by atoms with Crippen molar-refractivity contribution in [2.45, 2.75) is 25.3 Å². The maximum atomic E-state index is 4.28. The van der Waals surface area contributed by atoms with Gasteiger partial charge in [0.25, 0.3) is 0 Å². The summed E-state index contributed by atoms with van der Waals surface area (Å²) in [7, 11) is 0. The van der Waals surface area contributed by atoms with Crippen molar-refractivity contribution < 1.29 is 0 Å². The van der Waals surface area contributed by atoms with E-state index in [1.165, 1.54) is 19.3 Å². The Morgan fingerprint density at radius 3 is 2.60 bits per heavy atom. The minimum absolute atomic E-state index is 0.716. The molecule has 0 spiro atoms. The van der Waals surface area contributed by atoms with Gasteiger partial charge in [-0.25, -0.2) is 4.98 Å². The normalized spacial score (nSPS) is 45.2. The largest absolute Gasteiger partial charge is 0.365 e. The molecular formula is C12H15N3. The second-order valence-corrected chi connectivity index (χ2v) is 5.25. The number of hydrogen-bond donors (Lipinski definition) is 1. The lowest BCUT2D eigenvalue weighted by Crippen LogP contribution is -2.13. The molecule has 1 aromatic rings. The van der Waals surface area contributed by atoms with Crippen LogP contribution >= 0.6 is 0 Å². The van der Waals surface area contributed by atoms with Crippen LogP contribution in [0.2, 0.25) is 0 Å². The van der Waals surface area contributed by atoms with Crippen molar-refractivity contribution in [3.63, 3.8) is 0 Å². The molecule has 3 aliphatic carbocycles. The van der Waals surface area contributed by atoms with Gasteiger partial charge in [0, 0.05) is 18.4 Å². The zero-order chi connectivity index (χ0) is 9.83. The van der Waals surface area contributed by atoms with E-state index in [1.807, 2.05) is 6.20 Å². The molecule has 3 aliphatic rings. The molecule has 2 bridgehead atoms. The van der Waals surface area contributed by atoms with Gasteiger partial charge in [-0.15, -0.1) is 0 Å². The number of aromatic nitrogens is 2. The van der Waals surface area contributed by atoms with Gasteiger partial charge < -0.3 is 5.32 Å². The highest BCUT2D eigenvalue weighted by atomic mass is 15.1. The third-order valence-corrected chi connectivity index (χ3v) is 4.61. The van der Waals surface area contributed by atoms with Gasteiger partial charge in [-0.05, 0) is 42.9 Å². The van der Waals surface area contributed by atoms with E-state index in [9.17, 15) is 0 Å². The molecule has 15 heavy (non-hydrogen) atoms. The zero-order valence-corrected chi connectivity index (χ0v) is 8.63. The average Bonchev–Trinajstić information content (AvgIpc) is 2.71. The summed E-state index contributed by atoms with van der Waals surface area (Å²) in [5.41, 5.74) is 0.